The van der Waals surface area contributed by atoms with Gasteiger partial charge in [-0.05, 0) is 19.3 Å². The van der Waals surface area contributed by atoms with Crippen molar-refractivity contribution in [2.75, 3.05) is 0 Å². The van der Waals surface area contributed by atoms with Gasteiger partial charge in [0.2, 0.25) is 5.91 Å². The third kappa shape index (κ3) is 3.00. The number of hydrogen-bond donors (Lipinski definition) is 2. The van der Waals surface area contributed by atoms with Crippen LogP contribution >= 0.6 is 0 Å². The van der Waals surface area contributed by atoms with E-state index in [9.17, 15) is 9.59 Å². The molecule has 1 atom stereocenters. The fraction of sp³-hybridized carbons (Fsp3) is 0.692. The largest absolute Gasteiger partial charge is 0.480 e. The summed E-state index contributed by atoms with van der Waals surface area (Å²) in [6.45, 7) is 1.97. The van der Waals surface area contributed by atoms with Crippen LogP contribution in [0.2, 0.25) is 0 Å². The fourth-order valence-electron chi connectivity index (χ4n) is 2.42. The number of aliphatic carboxylic acids is 1. The molecule has 0 aromatic heterocycles. The lowest BCUT2D eigenvalue weighted by Crippen LogP contribution is -2.47. The molecule has 2 N–H and O–H groups in total. The van der Waals surface area contributed by atoms with E-state index < -0.39 is 12.0 Å². The highest BCUT2D eigenvalue weighted by Gasteiger charge is 2.40. The van der Waals surface area contributed by atoms with Gasteiger partial charge in [-0.3, -0.25) is 4.79 Å². The minimum atomic E-state index is -1.07. The SMILES string of the molecule is C#CCC(NC(=O)C1(CC)CCCC1)C(=O)O. The maximum absolute atomic E-state index is 12.1. The number of carboxylic acids is 1. The van der Waals surface area contributed by atoms with E-state index in [2.05, 4.69) is 11.2 Å². The van der Waals surface area contributed by atoms with Gasteiger partial charge in [-0.25, -0.2) is 4.79 Å². The van der Waals surface area contributed by atoms with Crippen molar-refractivity contribution in [2.45, 2.75) is 51.5 Å². The van der Waals surface area contributed by atoms with Crippen LogP contribution in [-0.4, -0.2) is 23.0 Å². The van der Waals surface area contributed by atoms with Crippen LogP contribution in [0.3, 0.4) is 0 Å². The summed E-state index contributed by atoms with van der Waals surface area (Å²) in [4.78, 5) is 23.1. The molecule has 0 spiro atoms. The molecule has 0 aromatic rings. The van der Waals surface area contributed by atoms with E-state index in [1.165, 1.54) is 0 Å². The van der Waals surface area contributed by atoms with Crippen LogP contribution in [0.5, 0.6) is 0 Å². The summed E-state index contributed by atoms with van der Waals surface area (Å²) in [7, 11) is 0. The van der Waals surface area contributed by atoms with Crippen LogP contribution in [0, 0.1) is 17.8 Å². The van der Waals surface area contributed by atoms with E-state index in [-0.39, 0.29) is 17.7 Å². The fourth-order valence-corrected chi connectivity index (χ4v) is 2.42. The van der Waals surface area contributed by atoms with Gasteiger partial charge in [0.05, 0.1) is 0 Å². The van der Waals surface area contributed by atoms with Crippen LogP contribution in [0.15, 0.2) is 0 Å². The van der Waals surface area contributed by atoms with E-state index in [0.717, 1.165) is 32.1 Å². The monoisotopic (exact) mass is 237 g/mol. The Kier molecular flexibility index (Phi) is 4.56. The Morgan fingerprint density at radius 1 is 1.47 bits per heavy atom. The number of carbonyl (C=O) groups excluding carboxylic acids is 1. The van der Waals surface area contributed by atoms with E-state index in [4.69, 9.17) is 11.5 Å². The second-order valence-corrected chi connectivity index (χ2v) is 4.61. The molecule has 0 heterocycles. The highest BCUT2D eigenvalue weighted by molar-refractivity contribution is 5.87. The quantitative estimate of drug-likeness (QED) is 0.713. The van der Waals surface area contributed by atoms with E-state index >= 15 is 0 Å². The average Bonchev–Trinajstić information content (AvgIpc) is 2.78. The molecule has 1 rings (SSSR count). The highest BCUT2D eigenvalue weighted by atomic mass is 16.4. The van der Waals surface area contributed by atoms with Gasteiger partial charge >= 0.3 is 5.97 Å². The van der Waals surface area contributed by atoms with Crippen LogP contribution in [0.25, 0.3) is 0 Å². The molecule has 1 aliphatic carbocycles. The summed E-state index contributed by atoms with van der Waals surface area (Å²) in [5.74, 6) is 1.06. The first-order valence-electron chi connectivity index (χ1n) is 6.03. The van der Waals surface area contributed by atoms with Gasteiger partial charge in [-0.1, -0.05) is 19.8 Å². The second kappa shape index (κ2) is 5.72. The maximum Gasteiger partial charge on any atom is 0.327 e. The van der Waals surface area contributed by atoms with Crippen molar-refractivity contribution in [3.8, 4) is 12.3 Å². The molecule has 0 radical (unpaired) electrons. The summed E-state index contributed by atoms with van der Waals surface area (Å²) in [5, 5.41) is 11.5. The zero-order chi connectivity index (χ0) is 12.9. The molecule has 0 aromatic carbocycles. The summed E-state index contributed by atoms with van der Waals surface area (Å²) in [6, 6.07) is -0.962. The summed E-state index contributed by atoms with van der Waals surface area (Å²) in [5.41, 5.74) is -0.373. The van der Waals surface area contributed by atoms with Crippen molar-refractivity contribution in [1.29, 1.82) is 0 Å². The summed E-state index contributed by atoms with van der Waals surface area (Å²) < 4.78 is 0. The molecule has 1 aliphatic rings. The first kappa shape index (κ1) is 13.6. The molecule has 0 bridgehead atoms. The normalized spacial score (nSPS) is 19.3. The lowest BCUT2D eigenvalue weighted by atomic mass is 9.82. The smallest absolute Gasteiger partial charge is 0.327 e. The molecule has 4 nitrogen and oxygen atoms in total. The van der Waals surface area contributed by atoms with E-state index in [1.54, 1.807) is 0 Å². The average molecular weight is 237 g/mol. The first-order chi connectivity index (χ1) is 8.05. The zero-order valence-electron chi connectivity index (χ0n) is 10.2. The van der Waals surface area contributed by atoms with Crippen molar-refractivity contribution >= 4 is 11.9 Å². The van der Waals surface area contributed by atoms with E-state index in [0.29, 0.717) is 0 Å². The minimum absolute atomic E-state index is 0.0286. The standard InChI is InChI=1S/C13H19NO3/c1-3-7-10(11(15)16)14-12(17)13(4-2)8-5-6-9-13/h1,10H,4-9H2,2H3,(H,14,17)(H,15,16). The molecular formula is C13H19NO3. The Labute approximate surface area is 102 Å². The molecule has 1 unspecified atom stereocenters. The molecule has 0 saturated heterocycles. The predicted octanol–water partition coefficient (Wildman–Crippen LogP) is 1.55. The Balaban J connectivity index is 2.69. The molecule has 0 aliphatic heterocycles. The first-order valence-corrected chi connectivity index (χ1v) is 6.03. The highest BCUT2D eigenvalue weighted by Crippen LogP contribution is 2.41. The Morgan fingerprint density at radius 2 is 2.06 bits per heavy atom. The van der Waals surface area contributed by atoms with Crippen molar-refractivity contribution < 1.29 is 14.7 Å². The predicted molar refractivity (Wildman–Crippen MR) is 64.2 cm³/mol. The van der Waals surface area contributed by atoms with Crippen molar-refractivity contribution in [3.05, 3.63) is 0 Å². The Hall–Kier alpha value is -1.50. The van der Waals surface area contributed by atoms with Gasteiger partial charge in [0.15, 0.2) is 0 Å². The maximum atomic E-state index is 12.1. The second-order valence-electron chi connectivity index (χ2n) is 4.61. The molecular weight excluding hydrogens is 218 g/mol. The Bertz CT molecular complexity index is 337. The summed E-state index contributed by atoms with van der Waals surface area (Å²) in [6.07, 6.45) is 9.64. The van der Waals surface area contributed by atoms with Gasteiger partial charge < -0.3 is 10.4 Å². The van der Waals surface area contributed by atoms with Crippen molar-refractivity contribution in [1.82, 2.24) is 5.32 Å². The lowest BCUT2D eigenvalue weighted by molar-refractivity contribution is -0.143. The lowest BCUT2D eigenvalue weighted by Gasteiger charge is -2.27. The number of carbonyl (C=O) groups is 2. The van der Waals surface area contributed by atoms with Gasteiger partial charge in [0.1, 0.15) is 6.04 Å². The number of hydrogen-bond acceptors (Lipinski definition) is 2. The topological polar surface area (TPSA) is 66.4 Å². The Morgan fingerprint density at radius 3 is 2.47 bits per heavy atom. The summed E-state index contributed by atoms with van der Waals surface area (Å²) >= 11 is 0. The number of nitrogens with one attached hydrogen (secondary N) is 1. The van der Waals surface area contributed by atoms with Crippen LogP contribution in [0.1, 0.15) is 45.4 Å². The van der Waals surface area contributed by atoms with Crippen LogP contribution in [-0.2, 0) is 9.59 Å². The minimum Gasteiger partial charge on any atom is -0.480 e. The van der Waals surface area contributed by atoms with Crippen LogP contribution in [0.4, 0.5) is 0 Å². The van der Waals surface area contributed by atoms with Gasteiger partial charge in [0.25, 0.3) is 0 Å². The third-order valence-electron chi connectivity index (χ3n) is 3.64. The number of rotatable bonds is 5. The zero-order valence-corrected chi connectivity index (χ0v) is 10.2. The van der Waals surface area contributed by atoms with Crippen LogP contribution < -0.4 is 5.32 Å². The van der Waals surface area contributed by atoms with Crippen molar-refractivity contribution in [3.63, 3.8) is 0 Å². The molecule has 4 heteroatoms. The molecule has 17 heavy (non-hydrogen) atoms. The van der Waals surface area contributed by atoms with Gasteiger partial charge in [-0.2, -0.15) is 0 Å². The van der Waals surface area contributed by atoms with Crippen molar-refractivity contribution in [2.24, 2.45) is 5.41 Å². The number of carboxylic acid groups (broad SMARTS) is 1. The molecule has 1 saturated carbocycles. The molecule has 94 valence electrons. The molecule has 1 fully saturated rings. The molecule has 1 amide bonds. The van der Waals surface area contributed by atoms with Gasteiger partial charge in [0, 0.05) is 11.8 Å². The number of amides is 1. The number of terminal acetylenes is 1. The van der Waals surface area contributed by atoms with E-state index in [1.807, 2.05) is 6.92 Å². The third-order valence-corrected chi connectivity index (χ3v) is 3.64. The van der Waals surface area contributed by atoms with Gasteiger partial charge in [-0.15, -0.1) is 12.3 Å².